The molecule has 0 atom stereocenters. The predicted octanol–water partition coefficient (Wildman–Crippen LogP) is 0.739. The lowest BCUT2D eigenvalue weighted by molar-refractivity contribution is 0.280. The van der Waals surface area contributed by atoms with Crippen LogP contribution < -0.4 is 5.73 Å². The van der Waals surface area contributed by atoms with Crippen LogP contribution in [0.15, 0.2) is 11.4 Å². The topological polar surface area (TPSA) is 88.6 Å². The van der Waals surface area contributed by atoms with E-state index in [1.165, 1.54) is 6.20 Å². The summed E-state index contributed by atoms with van der Waals surface area (Å²) < 4.78 is 0. The third-order valence-electron chi connectivity index (χ3n) is 1.90. The summed E-state index contributed by atoms with van der Waals surface area (Å²) in [7, 11) is 0. The molecule has 1 rings (SSSR count). The van der Waals surface area contributed by atoms with Crippen molar-refractivity contribution in [3.63, 3.8) is 0 Å². The molecule has 1 aromatic rings. The Morgan fingerprint density at radius 3 is 2.85 bits per heavy atom. The average molecular weight is 181 g/mol. The Balaban J connectivity index is 3.36. The van der Waals surface area contributed by atoms with Crippen molar-refractivity contribution in [1.29, 1.82) is 0 Å². The maximum Gasteiger partial charge on any atom is 0.134 e. The first-order valence-electron chi connectivity index (χ1n) is 3.86. The van der Waals surface area contributed by atoms with Gasteiger partial charge in [0.05, 0.1) is 12.3 Å². The van der Waals surface area contributed by atoms with E-state index in [-0.39, 0.29) is 18.8 Å². The van der Waals surface area contributed by atoms with Gasteiger partial charge in [0.15, 0.2) is 0 Å². The van der Waals surface area contributed by atoms with Crippen molar-refractivity contribution in [1.82, 2.24) is 4.98 Å². The SMILES string of the molecule is Cc1ncc(CO)c(CN)c1N=O. The highest BCUT2D eigenvalue weighted by molar-refractivity contribution is 5.52. The summed E-state index contributed by atoms with van der Waals surface area (Å²) in [6.07, 6.45) is 1.51. The summed E-state index contributed by atoms with van der Waals surface area (Å²) in [4.78, 5) is 14.4. The van der Waals surface area contributed by atoms with Crippen LogP contribution >= 0.6 is 0 Å². The molecule has 1 heterocycles. The highest BCUT2D eigenvalue weighted by Crippen LogP contribution is 2.24. The van der Waals surface area contributed by atoms with Gasteiger partial charge in [0, 0.05) is 23.9 Å². The van der Waals surface area contributed by atoms with Crippen LogP contribution in [-0.4, -0.2) is 10.1 Å². The zero-order valence-corrected chi connectivity index (χ0v) is 7.32. The molecule has 70 valence electrons. The predicted molar refractivity (Wildman–Crippen MR) is 48.2 cm³/mol. The van der Waals surface area contributed by atoms with E-state index in [2.05, 4.69) is 10.2 Å². The van der Waals surface area contributed by atoms with Crippen molar-refractivity contribution in [3.05, 3.63) is 27.9 Å². The molecule has 0 bridgehead atoms. The Morgan fingerprint density at radius 1 is 1.69 bits per heavy atom. The van der Waals surface area contributed by atoms with Gasteiger partial charge >= 0.3 is 0 Å². The fraction of sp³-hybridized carbons (Fsp3) is 0.375. The summed E-state index contributed by atoms with van der Waals surface area (Å²) in [6, 6.07) is 0. The number of nitrogens with zero attached hydrogens (tertiary/aromatic N) is 2. The second kappa shape index (κ2) is 4.06. The molecule has 3 N–H and O–H groups in total. The third-order valence-corrected chi connectivity index (χ3v) is 1.90. The van der Waals surface area contributed by atoms with Gasteiger partial charge in [0.2, 0.25) is 0 Å². The lowest BCUT2D eigenvalue weighted by atomic mass is 10.1. The maximum absolute atomic E-state index is 10.4. The largest absolute Gasteiger partial charge is 0.392 e. The molecular formula is C8H11N3O2. The Kier molecular flexibility index (Phi) is 3.05. The van der Waals surface area contributed by atoms with Crippen LogP contribution in [0.25, 0.3) is 0 Å². The third kappa shape index (κ3) is 1.71. The lowest BCUT2D eigenvalue weighted by Crippen LogP contribution is -2.04. The molecule has 0 aromatic carbocycles. The molecule has 0 spiro atoms. The van der Waals surface area contributed by atoms with Crippen LogP contribution in [-0.2, 0) is 13.2 Å². The summed E-state index contributed by atoms with van der Waals surface area (Å²) in [5.74, 6) is 0. The van der Waals surface area contributed by atoms with Crippen molar-refractivity contribution in [2.45, 2.75) is 20.1 Å². The van der Waals surface area contributed by atoms with Crippen molar-refractivity contribution in [3.8, 4) is 0 Å². The van der Waals surface area contributed by atoms with Crippen LogP contribution in [0.5, 0.6) is 0 Å². The van der Waals surface area contributed by atoms with Crippen molar-refractivity contribution >= 4 is 5.69 Å². The van der Waals surface area contributed by atoms with E-state index in [0.29, 0.717) is 16.8 Å². The van der Waals surface area contributed by atoms with E-state index in [4.69, 9.17) is 10.8 Å². The minimum Gasteiger partial charge on any atom is -0.392 e. The molecule has 5 heteroatoms. The number of hydrogen-bond donors (Lipinski definition) is 2. The highest BCUT2D eigenvalue weighted by atomic mass is 16.3. The normalized spacial score (nSPS) is 10.1. The van der Waals surface area contributed by atoms with Gasteiger partial charge in [-0.2, -0.15) is 0 Å². The van der Waals surface area contributed by atoms with Crippen LogP contribution in [0.1, 0.15) is 16.8 Å². The molecule has 0 aliphatic heterocycles. The highest BCUT2D eigenvalue weighted by Gasteiger charge is 2.10. The number of aliphatic hydroxyl groups excluding tert-OH is 1. The van der Waals surface area contributed by atoms with Crippen LogP contribution in [0.4, 0.5) is 5.69 Å². The molecule has 0 fully saturated rings. The van der Waals surface area contributed by atoms with Gasteiger partial charge in [-0.3, -0.25) is 4.98 Å². The molecule has 0 unspecified atom stereocenters. The minimum absolute atomic E-state index is 0.178. The molecule has 5 nitrogen and oxygen atoms in total. The molecule has 1 aromatic heterocycles. The van der Waals surface area contributed by atoms with Gasteiger partial charge in [0.1, 0.15) is 5.69 Å². The van der Waals surface area contributed by atoms with E-state index in [1.807, 2.05) is 0 Å². The zero-order chi connectivity index (χ0) is 9.84. The van der Waals surface area contributed by atoms with Gasteiger partial charge in [-0.05, 0) is 12.1 Å². The van der Waals surface area contributed by atoms with E-state index in [1.54, 1.807) is 6.92 Å². The van der Waals surface area contributed by atoms with Crippen LogP contribution in [0.2, 0.25) is 0 Å². The van der Waals surface area contributed by atoms with Gasteiger partial charge in [-0.15, -0.1) is 4.91 Å². The molecule has 0 radical (unpaired) electrons. The smallest absolute Gasteiger partial charge is 0.134 e. The Morgan fingerprint density at radius 2 is 2.38 bits per heavy atom. The van der Waals surface area contributed by atoms with Crippen LogP contribution in [0, 0.1) is 11.8 Å². The molecule has 13 heavy (non-hydrogen) atoms. The summed E-state index contributed by atoms with van der Waals surface area (Å²) in [6.45, 7) is 1.68. The first-order chi connectivity index (χ1) is 6.24. The fourth-order valence-corrected chi connectivity index (χ4v) is 1.17. The standard InChI is InChI=1S/C8H11N3O2/c1-5-8(11-13)7(2-9)6(4-12)3-10-5/h3,12H,2,4,9H2,1H3. The summed E-state index contributed by atoms with van der Waals surface area (Å²) in [5.41, 5.74) is 7.35. The number of nitroso groups, excluding NO2 is 1. The molecule has 0 amide bonds. The first-order valence-corrected chi connectivity index (χ1v) is 3.86. The lowest BCUT2D eigenvalue weighted by Gasteiger charge is -2.07. The van der Waals surface area contributed by atoms with E-state index >= 15 is 0 Å². The monoisotopic (exact) mass is 181 g/mol. The van der Waals surface area contributed by atoms with E-state index in [0.717, 1.165) is 0 Å². The van der Waals surface area contributed by atoms with Gasteiger partial charge in [-0.25, -0.2) is 0 Å². The first kappa shape index (κ1) is 9.76. The van der Waals surface area contributed by atoms with Gasteiger partial charge < -0.3 is 10.8 Å². The second-order valence-electron chi connectivity index (χ2n) is 2.65. The summed E-state index contributed by atoms with van der Waals surface area (Å²) in [5, 5.41) is 11.8. The van der Waals surface area contributed by atoms with E-state index in [9.17, 15) is 4.91 Å². The van der Waals surface area contributed by atoms with Gasteiger partial charge in [-0.1, -0.05) is 0 Å². The number of aromatic nitrogens is 1. The number of rotatable bonds is 3. The number of nitrogens with two attached hydrogens (primary N) is 1. The Bertz CT molecular complexity index is 325. The van der Waals surface area contributed by atoms with Gasteiger partial charge in [0.25, 0.3) is 0 Å². The number of aliphatic hydroxyl groups is 1. The zero-order valence-electron chi connectivity index (χ0n) is 7.32. The molecule has 0 saturated carbocycles. The molecule has 0 aliphatic carbocycles. The molecular weight excluding hydrogens is 170 g/mol. The minimum atomic E-state index is -0.178. The number of pyridine rings is 1. The maximum atomic E-state index is 10.4. The quantitative estimate of drug-likeness (QED) is 0.673. The fourth-order valence-electron chi connectivity index (χ4n) is 1.17. The summed E-state index contributed by atoms with van der Waals surface area (Å²) >= 11 is 0. The van der Waals surface area contributed by atoms with Crippen molar-refractivity contribution < 1.29 is 5.11 Å². The van der Waals surface area contributed by atoms with Crippen molar-refractivity contribution in [2.75, 3.05) is 0 Å². The average Bonchev–Trinajstić information content (AvgIpc) is 2.17. The molecule has 0 saturated heterocycles. The van der Waals surface area contributed by atoms with E-state index < -0.39 is 0 Å². The second-order valence-corrected chi connectivity index (χ2v) is 2.65. The molecule has 0 aliphatic rings. The van der Waals surface area contributed by atoms with Crippen LogP contribution in [0.3, 0.4) is 0 Å². The van der Waals surface area contributed by atoms with Crippen molar-refractivity contribution in [2.24, 2.45) is 10.9 Å². The number of aryl methyl sites for hydroxylation is 1. The Hall–Kier alpha value is -1.33. The number of hydrogen-bond acceptors (Lipinski definition) is 5. The Labute approximate surface area is 75.6 Å².